The van der Waals surface area contributed by atoms with Crippen LogP contribution in [0.3, 0.4) is 0 Å². The molecule has 1 atom stereocenters. The normalized spacial score (nSPS) is 24.7. The molecule has 5 nitrogen and oxygen atoms in total. The van der Waals surface area contributed by atoms with Gasteiger partial charge < -0.3 is 14.5 Å². The van der Waals surface area contributed by atoms with Gasteiger partial charge in [-0.2, -0.15) is 0 Å². The SMILES string of the molecule is CCCC(=O)N1CCC(C(=O)N(CC)C2CCOC(C)(C)C2)CC1. The number of piperidine rings is 1. The lowest BCUT2D eigenvalue weighted by atomic mass is 9.90. The van der Waals surface area contributed by atoms with Crippen molar-refractivity contribution < 1.29 is 14.3 Å². The van der Waals surface area contributed by atoms with E-state index in [1.165, 1.54) is 0 Å². The maximum Gasteiger partial charge on any atom is 0.226 e. The summed E-state index contributed by atoms with van der Waals surface area (Å²) in [5.74, 6) is 0.589. The molecule has 2 amide bonds. The fraction of sp³-hybridized carbons (Fsp3) is 0.895. The molecule has 0 aromatic carbocycles. The Balaban J connectivity index is 1.91. The Labute approximate surface area is 146 Å². The van der Waals surface area contributed by atoms with Crippen LogP contribution in [-0.4, -0.2) is 59.5 Å². The van der Waals surface area contributed by atoms with E-state index in [1.807, 2.05) is 11.8 Å². The zero-order chi connectivity index (χ0) is 17.7. The van der Waals surface area contributed by atoms with Crippen molar-refractivity contribution in [1.82, 2.24) is 9.80 Å². The van der Waals surface area contributed by atoms with Crippen molar-refractivity contribution in [3.8, 4) is 0 Å². The molecule has 2 fully saturated rings. The molecule has 0 bridgehead atoms. The molecule has 0 spiro atoms. The lowest BCUT2D eigenvalue weighted by Gasteiger charge is -2.43. The Kier molecular flexibility index (Phi) is 6.67. The summed E-state index contributed by atoms with van der Waals surface area (Å²) in [6, 6.07) is 0.283. The number of nitrogens with zero attached hydrogens (tertiary/aromatic N) is 2. The van der Waals surface area contributed by atoms with Crippen molar-refractivity contribution >= 4 is 11.8 Å². The molecule has 0 saturated carbocycles. The van der Waals surface area contributed by atoms with Gasteiger partial charge in [0.05, 0.1) is 5.60 Å². The highest BCUT2D eigenvalue weighted by molar-refractivity contribution is 5.80. The first-order valence-corrected chi connectivity index (χ1v) is 9.60. The lowest BCUT2D eigenvalue weighted by Crippen LogP contribution is -2.51. The summed E-state index contributed by atoms with van der Waals surface area (Å²) in [6.07, 6.45) is 4.95. The Morgan fingerprint density at radius 3 is 2.38 bits per heavy atom. The van der Waals surface area contributed by atoms with Crippen LogP contribution in [0.5, 0.6) is 0 Å². The summed E-state index contributed by atoms with van der Waals surface area (Å²) < 4.78 is 5.80. The third-order valence-corrected chi connectivity index (χ3v) is 5.40. The van der Waals surface area contributed by atoms with Crippen molar-refractivity contribution in [2.24, 2.45) is 5.92 Å². The first-order valence-electron chi connectivity index (χ1n) is 9.60. The molecule has 138 valence electrons. The minimum Gasteiger partial charge on any atom is -0.375 e. The molecule has 2 aliphatic rings. The van der Waals surface area contributed by atoms with Crippen molar-refractivity contribution in [3.05, 3.63) is 0 Å². The molecule has 0 aromatic rings. The highest BCUT2D eigenvalue weighted by Crippen LogP contribution is 2.29. The van der Waals surface area contributed by atoms with Gasteiger partial charge in [0.25, 0.3) is 0 Å². The molecular weight excluding hydrogens is 304 g/mol. The van der Waals surface area contributed by atoms with E-state index in [0.29, 0.717) is 6.42 Å². The predicted octanol–water partition coefficient (Wildman–Crippen LogP) is 2.83. The molecule has 2 saturated heterocycles. The van der Waals surface area contributed by atoms with Crippen molar-refractivity contribution in [1.29, 1.82) is 0 Å². The van der Waals surface area contributed by atoms with Gasteiger partial charge >= 0.3 is 0 Å². The number of hydrogen-bond donors (Lipinski definition) is 0. The second kappa shape index (κ2) is 8.32. The quantitative estimate of drug-likeness (QED) is 0.774. The number of ether oxygens (including phenoxy) is 1. The first kappa shape index (κ1) is 19.2. The third kappa shape index (κ3) is 4.71. The summed E-state index contributed by atoms with van der Waals surface area (Å²) in [6.45, 7) is 11.3. The summed E-state index contributed by atoms with van der Waals surface area (Å²) in [5.41, 5.74) is -0.146. The second-order valence-electron chi connectivity index (χ2n) is 7.78. The summed E-state index contributed by atoms with van der Waals surface area (Å²) in [5, 5.41) is 0. The van der Waals surface area contributed by atoms with Crippen molar-refractivity contribution in [3.63, 3.8) is 0 Å². The zero-order valence-electron chi connectivity index (χ0n) is 15.8. The molecule has 0 aliphatic carbocycles. The van der Waals surface area contributed by atoms with E-state index in [2.05, 4.69) is 25.7 Å². The Morgan fingerprint density at radius 2 is 1.83 bits per heavy atom. The van der Waals surface area contributed by atoms with E-state index in [1.54, 1.807) is 0 Å². The summed E-state index contributed by atoms with van der Waals surface area (Å²) in [4.78, 5) is 29.0. The molecule has 2 heterocycles. The second-order valence-corrected chi connectivity index (χ2v) is 7.78. The zero-order valence-corrected chi connectivity index (χ0v) is 15.8. The number of likely N-dealkylation sites (tertiary alicyclic amines) is 1. The van der Waals surface area contributed by atoms with E-state index in [-0.39, 0.29) is 29.4 Å². The average Bonchev–Trinajstić information content (AvgIpc) is 2.55. The van der Waals surface area contributed by atoms with Gasteiger partial charge in [0.1, 0.15) is 0 Å². The standard InChI is InChI=1S/C19H34N2O3/c1-5-7-17(22)20-11-8-15(9-12-20)18(23)21(6-2)16-10-13-24-19(3,4)14-16/h15-16H,5-14H2,1-4H3. The fourth-order valence-electron chi connectivity index (χ4n) is 4.04. The molecule has 2 rings (SSSR count). The van der Waals surface area contributed by atoms with Gasteiger partial charge in [-0.05, 0) is 52.9 Å². The molecule has 0 N–H and O–H groups in total. The lowest BCUT2D eigenvalue weighted by molar-refractivity contribution is -0.147. The Hall–Kier alpha value is -1.10. The van der Waals surface area contributed by atoms with E-state index < -0.39 is 0 Å². The number of carbonyl (C=O) groups excluding carboxylic acids is 2. The first-order chi connectivity index (χ1) is 11.4. The van der Waals surface area contributed by atoms with Crippen LogP contribution in [0, 0.1) is 5.92 Å². The van der Waals surface area contributed by atoms with E-state index in [0.717, 1.165) is 58.3 Å². The predicted molar refractivity (Wildman–Crippen MR) is 94.7 cm³/mol. The topological polar surface area (TPSA) is 49.9 Å². The molecule has 0 aromatic heterocycles. The van der Waals surface area contributed by atoms with Crippen LogP contribution in [0.15, 0.2) is 0 Å². The number of amides is 2. The average molecular weight is 338 g/mol. The van der Waals surface area contributed by atoms with Crippen LogP contribution in [-0.2, 0) is 14.3 Å². The fourth-order valence-corrected chi connectivity index (χ4v) is 4.04. The van der Waals surface area contributed by atoms with Crippen LogP contribution in [0.2, 0.25) is 0 Å². The van der Waals surface area contributed by atoms with E-state index >= 15 is 0 Å². The van der Waals surface area contributed by atoms with Gasteiger partial charge in [-0.3, -0.25) is 9.59 Å². The highest BCUT2D eigenvalue weighted by Gasteiger charge is 2.37. The van der Waals surface area contributed by atoms with Gasteiger partial charge in [-0.25, -0.2) is 0 Å². The Bertz CT molecular complexity index is 442. The van der Waals surface area contributed by atoms with Crippen LogP contribution in [0.1, 0.15) is 66.2 Å². The molecule has 1 unspecified atom stereocenters. The molecule has 24 heavy (non-hydrogen) atoms. The maximum atomic E-state index is 13.0. The minimum absolute atomic E-state index is 0.0709. The number of carbonyl (C=O) groups is 2. The smallest absolute Gasteiger partial charge is 0.226 e. The monoisotopic (exact) mass is 338 g/mol. The Morgan fingerprint density at radius 1 is 1.17 bits per heavy atom. The van der Waals surface area contributed by atoms with Crippen molar-refractivity contribution in [2.75, 3.05) is 26.2 Å². The number of rotatable bonds is 5. The van der Waals surface area contributed by atoms with Crippen LogP contribution >= 0.6 is 0 Å². The highest BCUT2D eigenvalue weighted by atomic mass is 16.5. The van der Waals surface area contributed by atoms with Gasteiger partial charge in [-0.1, -0.05) is 6.92 Å². The van der Waals surface area contributed by atoms with Crippen LogP contribution in [0.25, 0.3) is 0 Å². The van der Waals surface area contributed by atoms with Crippen molar-refractivity contribution in [2.45, 2.75) is 77.9 Å². The van der Waals surface area contributed by atoms with Gasteiger partial charge in [0.15, 0.2) is 0 Å². The number of hydrogen-bond acceptors (Lipinski definition) is 3. The molecular formula is C19H34N2O3. The minimum atomic E-state index is -0.146. The van der Waals surface area contributed by atoms with E-state index in [4.69, 9.17) is 4.74 Å². The van der Waals surface area contributed by atoms with Crippen LogP contribution < -0.4 is 0 Å². The van der Waals surface area contributed by atoms with Gasteiger partial charge in [0.2, 0.25) is 11.8 Å². The summed E-state index contributed by atoms with van der Waals surface area (Å²) >= 11 is 0. The van der Waals surface area contributed by atoms with Gasteiger partial charge in [-0.15, -0.1) is 0 Å². The molecule has 2 aliphatic heterocycles. The third-order valence-electron chi connectivity index (χ3n) is 5.40. The van der Waals surface area contributed by atoms with E-state index in [9.17, 15) is 9.59 Å². The maximum absolute atomic E-state index is 13.0. The van der Waals surface area contributed by atoms with Crippen LogP contribution in [0.4, 0.5) is 0 Å². The molecule has 0 radical (unpaired) electrons. The molecule has 5 heteroatoms. The van der Waals surface area contributed by atoms with Gasteiger partial charge in [0, 0.05) is 44.6 Å². The summed E-state index contributed by atoms with van der Waals surface area (Å²) in [7, 11) is 0. The largest absolute Gasteiger partial charge is 0.375 e.